The van der Waals surface area contributed by atoms with Crippen LogP contribution in [0.5, 0.6) is 5.75 Å². The van der Waals surface area contributed by atoms with Crippen molar-refractivity contribution < 1.29 is 18.3 Å². The molecule has 0 bridgehead atoms. The fourth-order valence-electron chi connectivity index (χ4n) is 3.16. The van der Waals surface area contributed by atoms with Crippen LogP contribution in [0.1, 0.15) is 10.4 Å². The minimum Gasteiger partial charge on any atom is -0.435 e. The van der Waals surface area contributed by atoms with Gasteiger partial charge in [0.25, 0.3) is 5.91 Å². The molecule has 0 aliphatic rings. The molecule has 0 aliphatic carbocycles. The van der Waals surface area contributed by atoms with Crippen LogP contribution in [-0.2, 0) is 0 Å². The molecule has 1 amide bonds. The molecule has 0 spiro atoms. The second kappa shape index (κ2) is 9.17. The first kappa shape index (κ1) is 20.2. The number of aromatic nitrogens is 1. The number of rotatable bonds is 6. The van der Waals surface area contributed by atoms with Gasteiger partial charge in [0.2, 0.25) is 0 Å². The summed E-state index contributed by atoms with van der Waals surface area (Å²) in [5.74, 6) is -0.183. The minimum atomic E-state index is -2.86. The van der Waals surface area contributed by atoms with Crippen LogP contribution in [0.4, 0.5) is 14.5 Å². The molecule has 4 rings (SSSR count). The van der Waals surface area contributed by atoms with Crippen molar-refractivity contribution in [2.45, 2.75) is 6.61 Å². The highest BCUT2D eigenvalue weighted by atomic mass is 19.3. The summed E-state index contributed by atoms with van der Waals surface area (Å²) in [4.78, 5) is 16.9. The van der Waals surface area contributed by atoms with Crippen molar-refractivity contribution >= 4 is 11.6 Å². The zero-order valence-corrected chi connectivity index (χ0v) is 16.3. The molecule has 1 heterocycles. The van der Waals surface area contributed by atoms with Gasteiger partial charge in [-0.1, -0.05) is 54.6 Å². The summed E-state index contributed by atoms with van der Waals surface area (Å²) in [6.07, 6.45) is 3.24. The van der Waals surface area contributed by atoms with Gasteiger partial charge in [0.05, 0.1) is 5.56 Å². The summed E-state index contributed by atoms with van der Waals surface area (Å²) in [6.45, 7) is -2.86. The first-order valence-corrected chi connectivity index (χ1v) is 9.55. The van der Waals surface area contributed by atoms with E-state index in [0.29, 0.717) is 11.3 Å². The average Bonchev–Trinajstić information content (AvgIpc) is 2.80. The molecular formula is C25H18F2N2O2. The van der Waals surface area contributed by atoms with E-state index in [0.717, 1.165) is 22.3 Å². The fourth-order valence-corrected chi connectivity index (χ4v) is 3.16. The summed E-state index contributed by atoms with van der Waals surface area (Å²) in [5, 5.41) is 2.88. The minimum absolute atomic E-state index is 0.0917. The maximum Gasteiger partial charge on any atom is 0.387 e. The fraction of sp³-hybridized carbons (Fsp3) is 0.0400. The first-order chi connectivity index (χ1) is 15.1. The Morgan fingerprint density at radius 1 is 0.774 bits per heavy atom. The van der Waals surface area contributed by atoms with Crippen molar-refractivity contribution in [2.24, 2.45) is 0 Å². The summed E-state index contributed by atoms with van der Waals surface area (Å²) in [6, 6.07) is 25.1. The van der Waals surface area contributed by atoms with E-state index in [9.17, 15) is 13.6 Å². The molecule has 0 saturated carbocycles. The van der Waals surface area contributed by atoms with Crippen LogP contribution in [0.15, 0.2) is 97.3 Å². The molecule has 0 saturated heterocycles. The number of benzene rings is 3. The number of ether oxygens (including phenoxy) is 1. The van der Waals surface area contributed by atoms with Crippen LogP contribution < -0.4 is 10.1 Å². The maximum atomic E-state index is 12.8. The lowest BCUT2D eigenvalue weighted by atomic mass is 10.0. The highest BCUT2D eigenvalue weighted by Gasteiger charge is 2.10. The smallest absolute Gasteiger partial charge is 0.387 e. The SMILES string of the molecule is O=C(Nc1cccc(-c2ccc(OC(F)F)cc2)c1)c1cncc(-c2ccccc2)c1. The third-order valence-electron chi connectivity index (χ3n) is 4.64. The number of hydrogen-bond acceptors (Lipinski definition) is 3. The average molecular weight is 416 g/mol. The van der Waals surface area contributed by atoms with Gasteiger partial charge in [-0.05, 0) is 47.0 Å². The van der Waals surface area contributed by atoms with Gasteiger partial charge >= 0.3 is 6.61 Å². The highest BCUT2D eigenvalue weighted by Crippen LogP contribution is 2.26. The molecule has 0 radical (unpaired) electrons. The van der Waals surface area contributed by atoms with Crippen molar-refractivity contribution in [1.29, 1.82) is 0 Å². The maximum absolute atomic E-state index is 12.8. The van der Waals surface area contributed by atoms with Gasteiger partial charge < -0.3 is 10.1 Å². The van der Waals surface area contributed by atoms with Gasteiger partial charge in [0, 0.05) is 23.6 Å². The van der Waals surface area contributed by atoms with Gasteiger partial charge in [-0.25, -0.2) is 0 Å². The van der Waals surface area contributed by atoms with Crippen molar-refractivity contribution in [3.63, 3.8) is 0 Å². The van der Waals surface area contributed by atoms with Crippen LogP contribution in [0, 0.1) is 0 Å². The summed E-state index contributed by atoms with van der Waals surface area (Å²) >= 11 is 0. The second-order valence-corrected chi connectivity index (χ2v) is 6.77. The monoisotopic (exact) mass is 416 g/mol. The molecule has 0 aliphatic heterocycles. The van der Waals surface area contributed by atoms with Crippen molar-refractivity contribution in [2.75, 3.05) is 5.32 Å². The van der Waals surface area contributed by atoms with Gasteiger partial charge in [-0.15, -0.1) is 0 Å². The molecule has 6 heteroatoms. The van der Waals surface area contributed by atoms with E-state index in [4.69, 9.17) is 0 Å². The number of amides is 1. The Labute approximate surface area is 178 Å². The molecule has 0 fully saturated rings. The van der Waals surface area contributed by atoms with Gasteiger partial charge in [0.15, 0.2) is 0 Å². The molecule has 0 unspecified atom stereocenters. The van der Waals surface area contributed by atoms with Crippen LogP contribution in [0.2, 0.25) is 0 Å². The van der Waals surface area contributed by atoms with E-state index in [1.807, 2.05) is 48.5 Å². The van der Waals surface area contributed by atoms with Crippen molar-refractivity contribution in [3.8, 4) is 28.0 Å². The number of hydrogen-bond donors (Lipinski definition) is 1. The molecule has 4 aromatic rings. The van der Waals surface area contributed by atoms with Gasteiger partial charge in [-0.2, -0.15) is 8.78 Å². The summed E-state index contributed by atoms with van der Waals surface area (Å²) in [5.41, 5.74) is 4.53. The zero-order chi connectivity index (χ0) is 21.6. The van der Waals surface area contributed by atoms with Crippen LogP contribution >= 0.6 is 0 Å². The zero-order valence-electron chi connectivity index (χ0n) is 16.3. The van der Waals surface area contributed by atoms with E-state index in [1.54, 1.807) is 30.5 Å². The lowest BCUT2D eigenvalue weighted by Gasteiger charge is -2.10. The standard InChI is InChI=1S/C25H18F2N2O2/c26-25(27)31-23-11-9-18(10-12-23)19-7-4-8-22(14-19)29-24(30)21-13-20(15-28-16-21)17-5-2-1-3-6-17/h1-16,25H,(H,29,30). The van der Waals surface area contributed by atoms with Crippen LogP contribution in [-0.4, -0.2) is 17.5 Å². The number of alkyl halides is 2. The summed E-state index contributed by atoms with van der Waals surface area (Å²) < 4.78 is 29.0. The van der Waals surface area contributed by atoms with E-state index in [-0.39, 0.29) is 11.7 Å². The number of pyridine rings is 1. The van der Waals surface area contributed by atoms with E-state index >= 15 is 0 Å². The molecular weight excluding hydrogens is 398 g/mol. The largest absolute Gasteiger partial charge is 0.435 e. The number of halogens is 2. The molecule has 3 aromatic carbocycles. The third-order valence-corrected chi connectivity index (χ3v) is 4.64. The predicted molar refractivity (Wildman–Crippen MR) is 116 cm³/mol. The number of nitrogens with zero attached hydrogens (tertiary/aromatic N) is 1. The third kappa shape index (κ3) is 5.11. The molecule has 31 heavy (non-hydrogen) atoms. The Morgan fingerprint density at radius 2 is 1.48 bits per heavy atom. The Kier molecular flexibility index (Phi) is 5.98. The number of carbonyl (C=O) groups is 1. The van der Waals surface area contributed by atoms with Crippen LogP contribution in [0.25, 0.3) is 22.3 Å². The van der Waals surface area contributed by atoms with E-state index < -0.39 is 6.61 Å². The van der Waals surface area contributed by atoms with Crippen LogP contribution in [0.3, 0.4) is 0 Å². The quantitative estimate of drug-likeness (QED) is 0.403. The lowest BCUT2D eigenvalue weighted by Crippen LogP contribution is -2.12. The van der Waals surface area contributed by atoms with Gasteiger partial charge in [-0.3, -0.25) is 9.78 Å². The van der Waals surface area contributed by atoms with E-state index in [2.05, 4.69) is 15.0 Å². The second-order valence-electron chi connectivity index (χ2n) is 6.77. The Bertz CT molecular complexity index is 1180. The normalized spacial score (nSPS) is 10.7. The molecule has 1 N–H and O–H groups in total. The van der Waals surface area contributed by atoms with Crippen molar-refractivity contribution in [3.05, 3.63) is 103 Å². The molecule has 154 valence electrons. The lowest BCUT2D eigenvalue weighted by molar-refractivity contribution is -0.0498. The Hall–Kier alpha value is -4.06. The van der Waals surface area contributed by atoms with Crippen molar-refractivity contribution in [1.82, 2.24) is 4.98 Å². The summed E-state index contributed by atoms with van der Waals surface area (Å²) in [7, 11) is 0. The molecule has 1 aromatic heterocycles. The molecule has 4 nitrogen and oxygen atoms in total. The Balaban J connectivity index is 1.51. The number of nitrogens with one attached hydrogen (secondary N) is 1. The van der Waals surface area contributed by atoms with Gasteiger partial charge in [0.1, 0.15) is 5.75 Å². The first-order valence-electron chi connectivity index (χ1n) is 9.55. The Morgan fingerprint density at radius 3 is 2.23 bits per heavy atom. The predicted octanol–water partition coefficient (Wildman–Crippen LogP) is 6.27. The molecule has 0 atom stereocenters. The highest BCUT2D eigenvalue weighted by molar-refractivity contribution is 6.05. The van der Waals surface area contributed by atoms with E-state index in [1.165, 1.54) is 18.3 Å². The topological polar surface area (TPSA) is 51.2 Å². The number of anilines is 1. The number of carbonyl (C=O) groups excluding carboxylic acids is 1.